The molecule has 8 heteroatoms. The molecule has 1 aromatic carbocycles. The van der Waals surface area contributed by atoms with Crippen LogP contribution in [0.1, 0.15) is 6.92 Å². The third-order valence-corrected chi connectivity index (χ3v) is 2.31. The van der Waals surface area contributed by atoms with Gasteiger partial charge in [0.2, 0.25) is 0 Å². The first-order chi connectivity index (χ1) is 9.43. The van der Waals surface area contributed by atoms with E-state index in [9.17, 15) is 19.7 Å². The Morgan fingerprint density at radius 1 is 1.50 bits per heavy atom. The summed E-state index contributed by atoms with van der Waals surface area (Å²) in [5.41, 5.74) is -0.364. The van der Waals surface area contributed by atoms with Gasteiger partial charge in [-0.15, -0.1) is 0 Å². The van der Waals surface area contributed by atoms with Gasteiger partial charge in [0.1, 0.15) is 5.69 Å². The van der Waals surface area contributed by atoms with Crippen LogP contribution in [0.4, 0.5) is 11.4 Å². The van der Waals surface area contributed by atoms with Crippen molar-refractivity contribution >= 4 is 34.9 Å². The van der Waals surface area contributed by atoms with Crippen LogP contribution in [0.2, 0.25) is 5.02 Å². The summed E-state index contributed by atoms with van der Waals surface area (Å²) in [6.45, 7) is 1.07. The monoisotopic (exact) mass is 298 g/mol. The number of anilines is 1. The van der Waals surface area contributed by atoms with Crippen LogP contribution in [-0.4, -0.2) is 23.4 Å². The Morgan fingerprint density at radius 2 is 2.20 bits per heavy atom. The van der Waals surface area contributed by atoms with E-state index < -0.39 is 23.4 Å². The van der Waals surface area contributed by atoms with Gasteiger partial charge in [-0.05, 0) is 19.1 Å². The first-order valence-electron chi connectivity index (χ1n) is 5.47. The number of benzene rings is 1. The molecule has 0 saturated heterocycles. The fraction of sp³-hybridized carbons (Fsp3) is 0.167. The third kappa shape index (κ3) is 4.69. The van der Waals surface area contributed by atoms with Crippen molar-refractivity contribution in [1.82, 2.24) is 0 Å². The number of carbonyl (C=O) groups is 2. The molecule has 1 amide bonds. The molecule has 0 aromatic heterocycles. The molecule has 20 heavy (non-hydrogen) atoms. The largest absolute Gasteiger partial charge is 0.452 e. The first kappa shape index (κ1) is 15.6. The van der Waals surface area contributed by atoms with Gasteiger partial charge >= 0.3 is 5.97 Å². The second-order valence-corrected chi connectivity index (χ2v) is 4.01. The lowest BCUT2D eigenvalue weighted by Crippen LogP contribution is -2.20. The number of rotatable bonds is 5. The Bertz CT molecular complexity index is 571. The zero-order valence-electron chi connectivity index (χ0n) is 10.5. The second-order valence-electron chi connectivity index (χ2n) is 3.57. The quantitative estimate of drug-likeness (QED) is 0.389. The SMILES string of the molecule is CC=CC(=O)OCC(=O)Nc1cc(Cl)ccc1[N+](=O)[O-]. The van der Waals surface area contributed by atoms with Crippen molar-refractivity contribution in [2.45, 2.75) is 6.92 Å². The highest BCUT2D eigenvalue weighted by molar-refractivity contribution is 6.31. The van der Waals surface area contributed by atoms with Crippen molar-refractivity contribution in [1.29, 1.82) is 0 Å². The normalized spacial score (nSPS) is 10.3. The van der Waals surface area contributed by atoms with Crippen LogP contribution in [-0.2, 0) is 14.3 Å². The average Bonchev–Trinajstić information content (AvgIpc) is 2.36. The highest BCUT2D eigenvalue weighted by Gasteiger charge is 2.16. The number of hydrogen-bond donors (Lipinski definition) is 1. The van der Waals surface area contributed by atoms with E-state index in [1.165, 1.54) is 24.3 Å². The molecular formula is C12H11ClN2O5. The van der Waals surface area contributed by atoms with Gasteiger partial charge in [-0.3, -0.25) is 14.9 Å². The van der Waals surface area contributed by atoms with Crippen molar-refractivity contribution in [3.8, 4) is 0 Å². The molecule has 0 saturated carbocycles. The summed E-state index contributed by atoms with van der Waals surface area (Å²) in [7, 11) is 0. The van der Waals surface area contributed by atoms with Gasteiger partial charge in [-0.1, -0.05) is 17.7 Å². The van der Waals surface area contributed by atoms with Crippen molar-refractivity contribution < 1.29 is 19.2 Å². The molecule has 0 aliphatic heterocycles. The number of halogens is 1. The first-order valence-corrected chi connectivity index (χ1v) is 5.85. The Balaban J connectivity index is 2.73. The summed E-state index contributed by atoms with van der Waals surface area (Å²) in [5, 5.41) is 13.3. The fourth-order valence-electron chi connectivity index (χ4n) is 1.27. The Labute approximate surface area is 119 Å². The van der Waals surface area contributed by atoms with Crippen LogP contribution in [0.25, 0.3) is 0 Å². The minimum Gasteiger partial charge on any atom is -0.452 e. The van der Waals surface area contributed by atoms with Gasteiger partial charge in [0.25, 0.3) is 11.6 Å². The van der Waals surface area contributed by atoms with E-state index >= 15 is 0 Å². The maximum atomic E-state index is 11.5. The molecule has 1 aromatic rings. The standard InChI is InChI=1S/C12H11ClN2O5/c1-2-3-12(17)20-7-11(16)14-9-6-8(13)4-5-10(9)15(18)19/h2-6H,7H2,1H3,(H,14,16). The van der Waals surface area contributed by atoms with E-state index in [0.29, 0.717) is 0 Å². The third-order valence-electron chi connectivity index (χ3n) is 2.08. The summed E-state index contributed by atoms with van der Waals surface area (Å²) >= 11 is 5.71. The lowest BCUT2D eigenvalue weighted by atomic mass is 10.2. The highest BCUT2D eigenvalue weighted by Crippen LogP contribution is 2.27. The number of nitro benzene ring substituents is 1. The lowest BCUT2D eigenvalue weighted by Gasteiger charge is -2.06. The van der Waals surface area contributed by atoms with Gasteiger partial charge in [0.05, 0.1) is 4.92 Å². The van der Waals surface area contributed by atoms with Gasteiger partial charge in [0, 0.05) is 17.2 Å². The van der Waals surface area contributed by atoms with Crippen LogP contribution in [0.5, 0.6) is 0 Å². The average molecular weight is 299 g/mol. The molecule has 0 fully saturated rings. The molecule has 0 bridgehead atoms. The van der Waals surface area contributed by atoms with Crippen LogP contribution >= 0.6 is 11.6 Å². The number of ether oxygens (including phenoxy) is 1. The molecule has 1 N–H and O–H groups in total. The van der Waals surface area contributed by atoms with E-state index in [-0.39, 0.29) is 16.4 Å². The van der Waals surface area contributed by atoms with Crippen LogP contribution in [0.3, 0.4) is 0 Å². The molecule has 0 spiro atoms. The van der Waals surface area contributed by atoms with Crippen molar-refractivity contribution in [2.75, 3.05) is 11.9 Å². The molecular weight excluding hydrogens is 288 g/mol. The summed E-state index contributed by atoms with van der Waals surface area (Å²) in [6, 6.07) is 3.75. The minimum absolute atomic E-state index is 0.0606. The summed E-state index contributed by atoms with van der Waals surface area (Å²) in [5.74, 6) is -1.38. The summed E-state index contributed by atoms with van der Waals surface area (Å²) in [4.78, 5) is 32.7. The molecule has 7 nitrogen and oxygen atoms in total. The molecule has 106 valence electrons. The lowest BCUT2D eigenvalue weighted by molar-refractivity contribution is -0.383. The number of nitro groups is 1. The predicted molar refractivity (Wildman–Crippen MR) is 72.5 cm³/mol. The molecule has 0 aliphatic carbocycles. The molecule has 1 rings (SSSR count). The van der Waals surface area contributed by atoms with E-state index in [1.807, 2.05) is 0 Å². The molecule has 0 unspecified atom stereocenters. The van der Waals surface area contributed by atoms with E-state index in [0.717, 1.165) is 6.08 Å². The molecule has 0 aliphatic rings. The summed E-state index contributed by atoms with van der Waals surface area (Å²) < 4.78 is 4.61. The van der Waals surface area contributed by atoms with Crippen molar-refractivity contribution in [3.05, 3.63) is 45.5 Å². The molecule has 0 heterocycles. The highest BCUT2D eigenvalue weighted by atomic mass is 35.5. The minimum atomic E-state index is -0.701. The molecule has 0 radical (unpaired) electrons. The van der Waals surface area contributed by atoms with Crippen LogP contribution in [0.15, 0.2) is 30.4 Å². The Kier molecular flexibility index (Phi) is 5.67. The van der Waals surface area contributed by atoms with E-state index in [2.05, 4.69) is 10.1 Å². The summed E-state index contributed by atoms with van der Waals surface area (Å²) in [6.07, 6.45) is 2.61. The van der Waals surface area contributed by atoms with Crippen molar-refractivity contribution in [3.63, 3.8) is 0 Å². The maximum Gasteiger partial charge on any atom is 0.330 e. The number of carbonyl (C=O) groups excluding carboxylic acids is 2. The number of nitrogens with one attached hydrogen (secondary N) is 1. The van der Waals surface area contributed by atoms with Gasteiger partial charge < -0.3 is 10.1 Å². The predicted octanol–water partition coefficient (Wildman–Crippen LogP) is 2.31. The smallest absolute Gasteiger partial charge is 0.330 e. The number of nitrogens with zero attached hydrogens (tertiary/aromatic N) is 1. The number of hydrogen-bond acceptors (Lipinski definition) is 5. The van der Waals surface area contributed by atoms with E-state index in [1.54, 1.807) is 6.92 Å². The molecule has 0 atom stereocenters. The Hall–Kier alpha value is -2.41. The zero-order chi connectivity index (χ0) is 15.1. The number of esters is 1. The Morgan fingerprint density at radius 3 is 2.80 bits per heavy atom. The number of amides is 1. The number of allylic oxidation sites excluding steroid dienone is 1. The van der Waals surface area contributed by atoms with Crippen LogP contribution < -0.4 is 5.32 Å². The van der Waals surface area contributed by atoms with Crippen LogP contribution in [0, 0.1) is 10.1 Å². The fourth-order valence-corrected chi connectivity index (χ4v) is 1.45. The van der Waals surface area contributed by atoms with Gasteiger partial charge in [-0.2, -0.15) is 0 Å². The maximum absolute atomic E-state index is 11.5. The van der Waals surface area contributed by atoms with Gasteiger partial charge in [-0.25, -0.2) is 4.79 Å². The topological polar surface area (TPSA) is 98.5 Å². The zero-order valence-corrected chi connectivity index (χ0v) is 11.2. The van der Waals surface area contributed by atoms with E-state index in [4.69, 9.17) is 11.6 Å². The van der Waals surface area contributed by atoms with Crippen molar-refractivity contribution in [2.24, 2.45) is 0 Å². The van der Waals surface area contributed by atoms with Gasteiger partial charge in [0.15, 0.2) is 6.61 Å². The second kappa shape index (κ2) is 7.25.